The highest BCUT2D eigenvalue weighted by Crippen LogP contribution is 2.37. The van der Waals surface area contributed by atoms with Crippen LogP contribution < -0.4 is 20.4 Å². The van der Waals surface area contributed by atoms with E-state index in [0.29, 0.717) is 33.7 Å². The number of anilines is 2. The number of amides is 3. The number of carbonyl (C=O) groups is 4. The van der Waals surface area contributed by atoms with Crippen LogP contribution in [0.3, 0.4) is 0 Å². The number of benzene rings is 4. The molecule has 2 heterocycles. The third-order valence-electron chi connectivity index (χ3n) is 8.77. The zero-order valence-corrected chi connectivity index (χ0v) is 27.5. The number of aromatic nitrogens is 2. The number of para-hydroxylation sites is 2. The van der Waals surface area contributed by atoms with Crippen LogP contribution in [0.15, 0.2) is 91.0 Å². The lowest BCUT2D eigenvalue weighted by atomic mass is 10.1. The third kappa shape index (κ3) is 6.19. The normalized spacial score (nSPS) is 14.7. The molecule has 0 bridgehead atoms. The molecular weight excluding hydrogens is 632 g/mol. The molecule has 50 heavy (non-hydrogen) atoms. The van der Waals surface area contributed by atoms with Crippen LogP contribution in [-0.4, -0.2) is 59.0 Å². The summed E-state index contributed by atoms with van der Waals surface area (Å²) < 4.78 is 1.67. The molecule has 0 spiro atoms. The molecule has 1 aliphatic rings. The van der Waals surface area contributed by atoms with Crippen LogP contribution in [0.4, 0.5) is 11.4 Å². The van der Waals surface area contributed by atoms with Crippen molar-refractivity contribution in [2.75, 3.05) is 23.4 Å². The summed E-state index contributed by atoms with van der Waals surface area (Å²) in [5, 5.41) is 31.0. The number of ketones is 1. The SMILES string of the molecule is CN[C@@H](C)C(=O)N[C@H]1CN(C(=O)c2ccc(C(C)=O)cc2)c2cc(C#N)ccc2N(Cc2nn(-c3ccccc3C#N)c3ccccc23)C1=O. The predicted octanol–water partition coefficient (Wildman–Crippen LogP) is 4.26. The lowest BCUT2D eigenvalue weighted by molar-refractivity contribution is -0.128. The van der Waals surface area contributed by atoms with Crippen molar-refractivity contribution >= 4 is 45.8 Å². The van der Waals surface area contributed by atoms with Crippen molar-refractivity contribution in [3.63, 3.8) is 0 Å². The monoisotopic (exact) mass is 664 g/mol. The number of nitrogens with one attached hydrogen (secondary N) is 2. The Labute approximate surface area is 288 Å². The van der Waals surface area contributed by atoms with Gasteiger partial charge in [-0.05, 0) is 69.4 Å². The Morgan fingerprint density at radius 3 is 2.30 bits per heavy atom. The average Bonchev–Trinajstić information content (AvgIpc) is 3.47. The molecule has 0 saturated carbocycles. The van der Waals surface area contributed by atoms with Crippen LogP contribution in [0.2, 0.25) is 0 Å². The smallest absolute Gasteiger partial charge is 0.258 e. The number of hydrogen-bond acceptors (Lipinski definition) is 8. The number of rotatable bonds is 8. The second-order valence-corrected chi connectivity index (χ2v) is 11.9. The molecule has 0 saturated heterocycles. The third-order valence-corrected chi connectivity index (χ3v) is 8.77. The van der Waals surface area contributed by atoms with E-state index in [1.54, 1.807) is 61.1 Å². The summed E-state index contributed by atoms with van der Waals surface area (Å²) in [6.07, 6.45) is 0. The quantitative estimate of drug-likeness (QED) is 0.233. The Hall–Kier alpha value is -6.63. The molecule has 1 aromatic heterocycles. The van der Waals surface area contributed by atoms with Gasteiger partial charge in [0.2, 0.25) is 5.91 Å². The fraction of sp³-hybridized carbons (Fsp3) is 0.184. The van der Waals surface area contributed by atoms with Gasteiger partial charge >= 0.3 is 0 Å². The fourth-order valence-corrected chi connectivity index (χ4v) is 5.93. The predicted molar refractivity (Wildman–Crippen MR) is 187 cm³/mol. The van der Waals surface area contributed by atoms with Crippen LogP contribution in [0.5, 0.6) is 0 Å². The molecule has 248 valence electrons. The Morgan fingerprint density at radius 1 is 0.900 bits per heavy atom. The van der Waals surface area contributed by atoms with Crippen molar-refractivity contribution in [2.45, 2.75) is 32.5 Å². The van der Waals surface area contributed by atoms with Crippen LogP contribution in [-0.2, 0) is 16.1 Å². The van der Waals surface area contributed by atoms with E-state index < -0.39 is 29.8 Å². The zero-order valence-electron chi connectivity index (χ0n) is 27.5. The van der Waals surface area contributed by atoms with Crippen molar-refractivity contribution in [1.82, 2.24) is 20.4 Å². The molecule has 3 amide bonds. The van der Waals surface area contributed by atoms with Crippen molar-refractivity contribution in [3.05, 3.63) is 119 Å². The minimum atomic E-state index is -1.19. The summed E-state index contributed by atoms with van der Waals surface area (Å²) in [7, 11) is 1.62. The molecule has 0 unspecified atom stereocenters. The van der Waals surface area contributed by atoms with Gasteiger partial charge in [-0.15, -0.1) is 0 Å². The van der Waals surface area contributed by atoms with E-state index in [4.69, 9.17) is 5.10 Å². The second-order valence-electron chi connectivity index (χ2n) is 11.9. The van der Waals surface area contributed by atoms with E-state index in [1.165, 1.54) is 34.9 Å². The summed E-state index contributed by atoms with van der Waals surface area (Å²) in [4.78, 5) is 56.8. The Morgan fingerprint density at radius 2 is 1.60 bits per heavy atom. The van der Waals surface area contributed by atoms with Gasteiger partial charge in [0.1, 0.15) is 12.1 Å². The molecule has 4 aromatic carbocycles. The molecule has 2 N–H and O–H groups in total. The number of fused-ring (bicyclic) bond motifs is 2. The van der Waals surface area contributed by atoms with Crippen molar-refractivity contribution < 1.29 is 19.2 Å². The van der Waals surface area contributed by atoms with Crippen molar-refractivity contribution in [3.8, 4) is 17.8 Å². The lowest BCUT2D eigenvalue weighted by Crippen LogP contribution is -2.55. The van der Waals surface area contributed by atoms with E-state index in [-0.39, 0.29) is 35.7 Å². The van der Waals surface area contributed by atoms with E-state index in [0.717, 1.165) is 5.39 Å². The summed E-state index contributed by atoms with van der Waals surface area (Å²) >= 11 is 0. The standard InChI is InChI=1S/C38H32N8O4/c1-23(41-3)36(48)42-31-22-45(37(49)27-15-13-26(14-16-27)24(2)47)35-18-25(19-39)12-17-34(35)44(38(31)50)21-30-29-9-5-7-11-33(29)46(43-30)32-10-6-4-8-28(32)20-40/h4-18,23,31,41H,21-22H2,1-3H3,(H,42,48)/t23-,31-/m0/s1. The molecule has 12 heteroatoms. The van der Waals surface area contributed by atoms with E-state index >= 15 is 0 Å². The molecule has 1 aliphatic heterocycles. The van der Waals surface area contributed by atoms with Gasteiger partial charge in [0.05, 0.1) is 64.6 Å². The molecule has 12 nitrogen and oxygen atoms in total. The molecular formula is C38H32N8O4. The van der Waals surface area contributed by atoms with E-state index in [1.807, 2.05) is 30.3 Å². The summed E-state index contributed by atoms with van der Waals surface area (Å²) in [5.74, 6) is -1.59. The highest BCUT2D eigenvalue weighted by molar-refractivity contribution is 6.13. The van der Waals surface area contributed by atoms with Gasteiger partial charge in [-0.25, -0.2) is 4.68 Å². The molecule has 0 aliphatic carbocycles. The summed E-state index contributed by atoms with van der Waals surface area (Å²) in [5.41, 5.74) is 3.76. The minimum Gasteiger partial charge on any atom is -0.341 e. The Kier molecular flexibility index (Phi) is 9.22. The second kappa shape index (κ2) is 13.8. The molecule has 5 aromatic rings. The topological polar surface area (TPSA) is 164 Å². The highest BCUT2D eigenvalue weighted by Gasteiger charge is 2.38. The number of carbonyl (C=O) groups excluding carboxylic acids is 4. The average molecular weight is 665 g/mol. The van der Waals surface area contributed by atoms with Crippen LogP contribution in [0.25, 0.3) is 16.6 Å². The first-order chi connectivity index (χ1) is 24.1. The van der Waals surface area contributed by atoms with Crippen LogP contribution >= 0.6 is 0 Å². The summed E-state index contributed by atoms with van der Waals surface area (Å²) in [6, 6.07) is 27.9. The number of nitrogens with zero attached hydrogens (tertiary/aromatic N) is 6. The van der Waals surface area contributed by atoms with Gasteiger partial charge in [-0.1, -0.05) is 42.5 Å². The molecule has 2 atom stereocenters. The van der Waals surface area contributed by atoms with E-state index in [9.17, 15) is 29.7 Å². The van der Waals surface area contributed by atoms with E-state index in [2.05, 4.69) is 22.8 Å². The Bertz CT molecular complexity index is 2250. The van der Waals surface area contributed by atoms with Gasteiger partial charge in [0.25, 0.3) is 11.8 Å². The number of hydrogen-bond donors (Lipinski definition) is 2. The first-order valence-electron chi connectivity index (χ1n) is 15.9. The fourth-order valence-electron chi connectivity index (χ4n) is 5.93. The highest BCUT2D eigenvalue weighted by atomic mass is 16.2. The van der Waals surface area contributed by atoms with Gasteiger partial charge in [0.15, 0.2) is 5.78 Å². The number of Topliss-reactive ketones (excluding diaryl/α,β-unsaturated/α-hetero) is 1. The maximum Gasteiger partial charge on any atom is 0.258 e. The van der Waals surface area contributed by atoms with Gasteiger partial charge in [0, 0.05) is 16.5 Å². The zero-order chi connectivity index (χ0) is 35.5. The van der Waals surface area contributed by atoms with Gasteiger partial charge < -0.3 is 20.4 Å². The van der Waals surface area contributed by atoms with Gasteiger partial charge in [-0.2, -0.15) is 15.6 Å². The first-order valence-corrected chi connectivity index (χ1v) is 15.9. The number of nitriles is 2. The molecule has 6 rings (SSSR count). The summed E-state index contributed by atoms with van der Waals surface area (Å²) in [6.45, 7) is 2.78. The van der Waals surface area contributed by atoms with Crippen molar-refractivity contribution in [2.24, 2.45) is 0 Å². The lowest BCUT2D eigenvalue weighted by Gasteiger charge is -2.26. The minimum absolute atomic E-state index is 0.0662. The maximum atomic E-state index is 14.6. The molecule has 0 fully saturated rings. The number of likely N-dealkylation sites (N-methyl/N-ethyl adjacent to an activating group) is 1. The Balaban J connectivity index is 1.51. The largest absolute Gasteiger partial charge is 0.341 e. The maximum absolute atomic E-state index is 14.6. The van der Waals surface area contributed by atoms with Gasteiger partial charge in [-0.3, -0.25) is 19.2 Å². The van der Waals surface area contributed by atoms with Crippen molar-refractivity contribution in [1.29, 1.82) is 10.5 Å². The van der Waals surface area contributed by atoms with Crippen LogP contribution in [0, 0.1) is 22.7 Å². The molecule has 0 radical (unpaired) electrons. The van der Waals surface area contributed by atoms with Crippen LogP contribution in [0.1, 0.15) is 51.4 Å². The first kappa shape index (κ1) is 33.3.